The van der Waals surface area contributed by atoms with Gasteiger partial charge < -0.3 is 9.84 Å². The minimum Gasteiger partial charge on any atom is -0.485 e. The van der Waals surface area contributed by atoms with Gasteiger partial charge in [0.2, 0.25) is 0 Å². The van der Waals surface area contributed by atoms with E-state index >= 15 is 0 Å². The number of aromatic nitrogens is 1. The summed E-state index contributed by atoms with van der Waals surface area (Å²) in [5.74, 6) is -0.568. The third-order valence-electron chi connectivity index (χ3n) is 2.18. The molecule has 0 aliphatic rings. The van der Waals surface area contributed by atoms with Crippen molar-refractivity contribution < 1.29 is 14.6 Å². The molecule has 0 spiro atoms. The second kappa shape index (κ2) is 5.49. The molecule has 0 radical (unpaired) electrons. The first-order chi connectivity index (χ1) is 8.56. The monoisotopic (exact) mass is 327 g/mol. The molecule has 0 bridgehead atoms. The Morgan fingerprint density at radius 2 is 2.33 bits per heavy atom. The molecule has 2 aromatic rings. The molecule has 0 aromatic carbocycles. The summed E-state index contributed by atoms with van der Waals surface area (Å²) in [5, 5.41) is 9.02. The van der Waals surface area contributed by atoms with Gasteiger partial charge in [-0.3, -0.25) is 4.98 Å². The number of aryl methyl sites for hydroxylation is 1. The van der Waals surface area contributed by atoms with E-state index in [4.69, 9.17) is 9.84 Å². The van der Waals surface area contributed by atoms with Crippen molar-refractivity contribution in [2.45, 2.75) is 13.5 Å². The van der Waals surface area contributed by atoms with Crippen molar-refractivity contribution in [2.24, 2.45) is 0 Å². The molecule has 0 fully saturated rings. The van der Waals surface area contributed by atoms with E-state index in [-0.39, 0.29) is 11.5 Å². The molecule has 1 N–H and O–H groups in total. The smallest absolute Gasteiger partial charge is 0.349 e. The molecule has 2 heterocycles. The molecule has 4 nitrogen and oxygen atoms in total. The van der Waals surface area contributed by atoms with Gasteiger partial charge in [0.1, 0.15) is 12.4 Å². The van der Waals surface area contributed by atoms with Gasteiger partial charge in [-0.2, -0.15) is 0 Å². The maximum Gasteiger partial charge on any atom is 0.349 e. The summed E-state index contributed by atoms with van der Waals surface area (Å²) >= 11 is 4.50. The zero-order valence-electron chi connectivity index (χ0n) is 9.51. The lowest BCUT2D eigenvalue weighted by Crippen LogP contribution is -2.01. The van der Waals surface area contributed by atoms with Crippen LogP contribution in [0.4, 0.5) is 0 Å². The summed E-state index contributed by atoms with van der Waals surface area (Å²) in [5.41, 5.74) is 0.749. The highest BCUT2D eigenvalue weighted by Crippen LogP contribution is 2.29. The van der Waals surface area contributed by atoms with Crippen LogP contribution in [0, 0.1) is 6.92 Å². The summed E-state index contributed by atoms with van der Waals surface area (Å²) in [4.78, 5) is 16.3. The number of pyridine rings is 1. The Hall–Kier alpha value is -1.40. The van der Waals surface area contributed by atoms with E-state index in [0.717, 1.165) is 15.0 Å². The zero-order valence-corrected chi connectivity index (χ0v) is 11.9. The number of carbonyl (C=O) groups is 1. The van der Waals surface area contributed by atoms with Crippen molar-refractivity contribution in [2.75, 3.05) is 0 Å². The molecule has 0 saturated carbocycles. The van der Waals surface area contributed by atoms with Crippen molar-refractivity contribution in [1.82, 2.24) is 4.98 Å². The fraction of sp³-hybridized carbons (Fsp3) is 0.167. The number of carboxylic acid groups (broad SMARTS) is 1. The zero-order chi connectivity index (χ0) is 13.1. The average molecular weight is 328 g/mol. The van der Waals surface area contributed by atoms with E-state index in [1.165, 1.54) is 11.3 Å². The predicted octanol–water partition coefficient (Wildman–Crippen LogP) is 3.49. The van der Waals surface area contributed by atoms with Gasteiger partial charge in [0.05, 0.1) is 5.69 Å². The average Bonchev–Trinajstić information content (AvgIpc) is 2.70. The van der Waals surface area contributed by atoms with Gasteiger partial charge in [-0.15, -0.1) is 11.3 Å². The third kappa shape index (κ3) is 3.08. The Morgan fingerprint density at radius 1 is 1.56 bits per heavy atom. The second-order valence-electron chi connectivity index (χ2n) is 3.61. The maximum atomic E-state index is 11.0. The third-order valence-corrected chi connectivity index (χ3v) is 3.67. The number of nitrogens with zero attached hydrogens (tertiary/aromatic N) is 1. The minimum absolute atomic E-state index is 0.226. The molecule has 18 heavy (non-hydrogen) atoms. The summed E-state index contributed by atoms with van der Waals surface area (Å²) in [6.07, 6.45) is 1.68. The fourth-order valence-corrected chi connectivity index (χ4v) is 2.42. The van der Waals surface area contributed by atoms with Gasteiger partial charge >= 0.3 is 5.97 Å². The highest BCUT2D eigenvalue weighted by molar-refractivity contribution is 9.10. The highest BCUT2D eigenvalue weighted by atomic mass is 79.9. The van der Waals surface area contributed by atoms with Crippen molar-refractivity contribution in [1.29, 1.82) is 0 Å². The molecule has 2 rings (SSSR count). The van der Waals surface area contributed by atoms with Crippen molar-refractivity contribution >= 4 is 33.2 Å². The molecule has 0 saturated heterocycles. The van der Waals surface area contributed by atoms with Crippen LogP contribution < -0.4 is 4.74 Å². The Morgan fingerprint density at radius 3 is 2.94 bits per heavy atom. The number of hydrogen-bond acceptors (Lipinski definition) is 4. The van der Waals surface area contributed by atoms with E-state index in [1.54, 1.807) is 12.3 Å². The Labute approximate surface area is 116 Å². The largest absolute Gasteiger partial charge is 0.485 e. The quantitative estimate of drug-likeness (QED) is 0.933. The lowest BCUT2D eigenvalue weighted by Gasteiger charge is -2.04. The van der Waals surface area contributed by atoms with Crippen LogP contribution in [0.5, 0.6) is 5.75 Å². The van der Waals surface area contributed by atoms with Crippen molar-refractivity contribution in [3.8, 4) is 5.75 Å². The number of thiophene rings is 1. The summed E-state index contributed by atoms with van der Waals surface area (Å²) in [7, 11) is 0. The number of halogens is 1. The molecule has 0 unspecified atom stereocenters. The van der Waals surface area contributed by atoms with Crippen LogP contribution in [0.2, 0.25) is 0 Å². The Kier molecular flexibility index (Phi) is 3.98. The number of ether oxygens (including phenoxy) is 1. The van der Waals surface area contributed by atoms with Crippen molar-refractivity contribution in [3.05, 3.63) is 44.3 Å². The predicted molar refractivity (Wildman–Crippen MR) is 72.3 cm³/mol. The van der Waals surface area contributed by atoms with Gasteiger partial charge in [0.15, 0.2) is 4.88 Å². The van der Waals surface area contributed by atoms with Crippen LogP contribution in [0.15, 0.2) is 28.9 Å². The van der Waals surface area contributed by atoms with Gasteiger partial charge in [-0.1, -0.05) is 0 Å². The van der Waals surface area contributed by atoms with Gasteiger partial charge in [-0.25, -0.2) is 4.79 Å². The van der Waals surface area contributed by atoms with Gasteiger partial charge in [0.25, 0.3) is 0 Å². The van der Waals surface area contributed by atoms with Crippen LogP contribution in [-0.2, 0) is 6.61 Å². The molecule has 0 atom stereocenters. The maximum absolute atomic E-state index is 11.0. The Bertz CT molecular complexity index is 565. The first kappa shape index (κ1) is 13.0. The first-order valence-electron chi connectivity index (χ1n) is 5.13. The second-order valence-corrected chi connectivity index (χ2v) is 5.78. The number of rotatable bonds is 4. The minimum atomic E-state index is -0.966. The summed E-state index contributed by atoms with van der Waals surface area (Å²) in [6, 6.07) is 5.42. The summed E-state index contributed by atoms with van der Waals surface area (Å²) in [6.45, 7) is 2.10. The number of aromatic carboxylic acids is 1. The molecule has 0 aliphatic carbocycles. The van der Waals surface area contributed by atoms with E-state index < -0.39 is 5.97 Å². The molecule has 0 amide bonds. The normalized spacial score (nSPS) is 10.3. The molecule has 0 aliphatic heterocycles. The molecule has 6 heteroatoms. The molecular formula is C12H10BrNO3S. The molecule has 94 valence electrons. The Balaban J connectivity index is 2.10. The molecular weight excluding hydrogens is 318 g/mol. The standard InChI is InChI=1S/C12H10BrNO3S/c1-7-4-10(11(18-7)12(15)16)17-6-9-3-2-8(13)5-14-9/h2-5H,6H2,1H3,(H,15,16). The molecule has 2 aromatic heterocycles. The number of hydrogen-bond donors (Lipinski definition) is 1. The van der Waals surface area contributed by atoms with E-state index in [2.05, 4.69) is 20.9 Å². The van der Waals surface area contributed by atoms with E-state index in [9.17, 15) is 4.79 Å². The first-order valence-corrected chi connectivity index (χ1v) is 6.74. The topological polar surface area (TPSA) is 59.4 Å². The fourth-order valence-electron chi connectivity index (χ4n) is 1.39. The van der Waals surface area contributed by atoms with E-state index in [0.29, 0.717) is 5.75 Å². The van der Waals surface area contributed by atoms with Crippen LogP contribution in [0.1, 0.15) is 20.2 Å². The van der Waals surface area contributed by atoms with E-state index in [1.807, 2.05) is 19.1 Å². The van der Waals surface area contributed by atoms with Crippen LogP contribution in [-0.4, -0.2) is 16.1 Å². The highest BCUT2D eigenvalue weighted by Gasteiger charge is 2.15. The van der Waals surface area contributed by atoms with Crippen LogP contribution >= 0.6 is 27.3 Å². The van der Waals surface area contributed by atoms with Crippen LogP contribution in [0.3, 0.4) is 0 Å². The van der Waals surface area contributed by atoms with Gasteiger partial charge in [-0.05, 0) is 41.1 Å². The van der Waals surface area contributed by atoms with Crippen LogP contribution in [0.25, 0.3) is 0 Å². The SMILES string of the molecule is Cc1cc(OCc2ccc(Br)cn2)c(C(=O)O)s1. The summed E-state index contributed by atoms with van der Waals surface area (Å²) < 4.78 is 6.39. The number of carboxylic acids is 1. The lowest BCUT2D eigenvalue weighted by atomic mass is 10.3. The van der Waals surface area contributed by atoms with Crippen molar-refractivity contribution in [3.63, 3.8) is 0 Å². The lowest BCUT2D eigenvalue weighted by molar-refractivity contribution is 0.0697. The van der Waals surface area contributed by atoms with Gasteiger partial charge in [0, 0.05) is 15.5 Å².